The molecule has 116 valence electrons. The number of rotatable bonds is 3. The molecule has 2 aliphatic rings. The second-order valence-electron chi connectivity index (χ2n) is 6.07. The molecule has 2 fully saturated rings. The normalized spacial score (nSPS) is 22.6. The fraction of sp³-hybridized carbons (Fsp3) is 0.625. The molecule has 0 spiro atoms. The average Bonchev–Trinajstić information content (AvgIpc) is 3.03. The van der Waals surface area contributed by atoms with Crippen LogP contribution in [-0.2, 0) is 0 Å². The lowest BCUT2D eigenvalue weighted by molar-refractivity contribution is 0.123. The third-order valence-corrected chi connectivity index (χ3v) is 5.60. The summed E-state index contributed by atoms with van der Waals surface area (Å²) in [6.45, 7) is 4.04. The van der Waals surface area contributed by atoms with Gasteiger partial charge in [-0.25, -0.2) is 0 Å². The number of hydrogen-bond donors (Lipinski definition) is 2. The van der Waals surface area contributed by atoms with Gasteiger partial charge >= 0.3 is 0 Å². The van der Waals surface area contributed by atoms with Crippen molar-refractivity contribution >= 4 is 23.2 Å². The Balaban J connectivity index is 1.96. The standard InChI is InChI=1S/C16H22Cl2N2O/c17-13-6-5-12(16(21)14(13)18)15(11-3-1-2-4-11)20-9-7-19-8-10-20/h5-6,11,15,19,21H,1-4,7-10H2/t15-/m0/s1. The molecular formula is C16H22Cl2N2O. The number of aromatic hydroxyl groups is 1. The Morgan fingerprint density at radius 1 is 1.14 bits per heavy atom. The molecule has 1 aromatic rings. The zero-order chi connectivity index (χ0) is 14.8. The molecule has 0 radical (unpaired) electrons. The molecule has 3 rings (SSSR count). The van der Waals surface area contributed by atoms with Crippen LogP contribution >= 0.6 is 23.2 Å². The summed E-state index contributed by atoms with van der Waals surface area (Å²) in [6.07, 6.45) is 5.03. The molecule has 0 bridgehead atoms. The first-order valence-corrected chi connectivity index (χ1v) is 8.55. The highest BCUT2D eigenvalue weighted by Crippen LogP contribution is 2.45. The summed E-state index contributed by atoms with van der Waals surface area (Å²) >= 11 is 12.2. The van der Waals surface area contributed by atoms with Crippen LogP contribution < -0.4 is 5.32 Å². The van der Waals surface area contributed by atoms with Crippen molar-refractivity contribution in [2.45, 2.75) is 31.7 Å². The van der Waals surface area contributed by atoms with E-state index in [2.05, 4.69) is 10.2 Å². The van der Waals surface area contributed by atoms with Gasteiger partial charge in [-0.15, -0.1) is 0 Å². The monoisotopic (exact) mass is 328 g/mol. The Hall–Kier alpha value is -0.480. The van der Waals surface area contributed by atoms with Crippen molar-refractivity contribution in [1.29, 1.82) is 0 Å². The SMILES string of the molecule is Oc1c([C@H](C2CCCC2)N2CCNCC2)ccc(Cl)c1Cl. The topological polar surface area (TPSA) is 35.5 Å². The van der Waals surface area contributed by atoms with E-state index >= 15 is 0 Å². The van der Waals surface area contributed by atoms with Gasteiger partial charge in [0.05, 0.1) is 5.02 Å². The quantitative estimate of drug-likeness (QED) is 0.884. The van der Waals surface area contributed by atoms with Crippen molar-refractivity contribution in [3.8, 4) is 5.75 Å². The summed E-state index contributed by atoms with van der Waals surface area (Å²) in [5, 5.41) is 14.6. The molecule has 3 nitrogen and oxygen atoms in total. The number of halogens is 2. The summed E-state index contributed by atoms with van der Waals surface area (Å²) in [5.74, 6) is 0.769. The maximum absolute atomic E-state index is 10.5. The molecular weight excluding hydrogens is 307 g/mol. The molecule has 0 aromatic heterocycles. The molecule has 5 heteroatoms. The average molecular weight is 329 g/mol. The van der Waals surface area contributed by atoms with E-state index in [0.29, 0.717) is 10.9 Å². The maximum atomic E-state index is 10.5. The van der Waals surface area contributed by atoms with E-state index in [1.54, 1.807) is 0 Å². The number of phenols is 1. The summed E-state index contributed by atoms with van der Waals surface area (Å²) in [4.78, 5) is 2.49. The van der Waals surface area contributed by atoms with Crippen LogP contribution in [0, 0.1) is 5.92 Å². The van der Waals surface area contributed by atoms with E-state index in [-0.39, 0.29) is 16.8 Å². The first kappa shape index (κ1) is 15.4. The summed E-state index contributed by atoms with van der Waals surface area (Å²) in [6, 6.07) is 4.02. The number of hydrogen-bond acceptors (Lipinski definition) is 3. The molecule has 1 atom stereocenters. The van der Waals surface area contributed by atoms with Gasteiger partial charge in [-0.1, -0.05) is 42.1 Å². The van der Waals surface area contributed by atoms with E-state index in [1.807, 2.05) is 12.1 Å². The fourth-order valence-corrected chi connectivity index (χ4v) is 4.10. The second kappa shape index (κ2) is 6.74. The number of nitrogens with one attached hydrogen (secondary N) is 1. The highest BCUT2D eigenvalue weighted by atomic mass is 35.5. The van der Waals surface area contributed by atoms with Crippen LogP contribution in [0.5, 0.6) is 5.75 Å². The van der Waals surface area contributed by atoms with Crippen molar-refractivity contribution in [2.24, 2.45) is 5.92 Å². The minimum atomic E-state index is 0.166. The van der Waals surface area contributed by atoms with Crippen molar-refractivity contribution in [3.05, 3.63) is 27.7 Å². The van der Waals surface area contributed by atoms with Gasteiger partial charge < -0.3 is 10.4 Å². The molecule has 2 N–H and O–H groups in total. The van der Waals surface area contributed by atoms with E-state index in [9.17, 15) is 5.11 Å². The predicted octanol–water partition coefficient (Wildman–Crippen LogP) is 3.84. The van der Waals surface area contributed by atoms with Gasteiger partial charge in [-0.3, -0.25) is 4.90 Å². The van der Waals surface area contributed by atoms with Crippen LogP contribution in [0.4, 0.5) is 0 Å². The molecule has 21 heavy (non-hydrogen) atoms. The summed E-state index contributed by atoms with van der Waals surface area (Å²) in [7, 11) is 0. The smallest absolute Gasteiger partial charge is 0.140 e. The number of nitrogens with zero attached hydrogens (tertiary/aromatic N) is 1. The maximum Gasteiger partial charge on any atom is 0.140 e. The zero-order valence-electron chi connectivity index (χ0n) is 12.1. The Bertz CT molecular complexity index is 497. The van der Waals surface area contributed by atoms with E-state index < -0.39 is 0 Å². The molecule has 1 aliphatic carbocycles. The Labute approximate surface area is 136 Å². The fourth-order valence-electron chi connectivity index (χ4n) is 3.78. The van der Waals surface area contributed by atoms with Crippen molar-refractivity contribution < 1.29 is 5.11 Å². The minimum Gasteiger partial charge on any atom is -0.506 e. The lowest BCUT2D eigenvalue weighted by Crippen LogP contribution is -2.46. The lowest BCUT2D eigenvalue weighted by atomic mass is 9.89. The van der Waals surface area contributed by atoms with Gasteiger partial charge in [0.15, 0.2) is 0 Å². The highest BCUT2D eigenvalue weighted by Gasteiger charge is 2.34. The number of piperazine rings is 1. The third-order valence-electron chi connectivity index (χ3n) is 4.81. The van der Waals surface area contributed by atoms with Crippen LogP contribution in [0.2, 0.25) is 10.0 Å². The predicted molar refractivity (Wildman–Crippen MR) is 87.3 cm³/mol. The molecule has 0 amide bonds. The minimum absolute atomic E-state index is 0.166. The summed E-state index contributed by atoms with van der Waals surface area (Å²) < 4.78 is 0. The molecule has 0 unspecified atom stereocenters. The molecule has 1 saturated heterocycles. The Morgan fingerprint density at radius 2 is 1.81 bits per heavy atom. The largest absolute Gasteiger partial charge is 0.506 e. The van der Waals surface area contributed by atoms with Crippen LogP contribution in [0.25, 0.3) is 0 Å². The van der Waals surface area contributed by atoms with E-state index in [0.717, 1.165) is 31.7 Å². The molecule has 1 heterocycles. The Morgan fingerprint density at radius 3 is 2.48 bits per heavy atom. The van der Waals surface area contributed by atoms with E-state index in [4.69, 9.17) is 23.2 Å². The van der Waals surface area contributed by atoms with Gasteiger partial charge in [0.1, 0.15) is 10.8 Å². The molecule has 1 aliphatic heterocycles. The third kappa shape index (κ3) is 3.16. The van der Waals surface area contributed by atoms with Gasteiger partial charge in [0.2, 0.25) is 0 Å². The van der Waals surface area contributed by atoms with Crippen molar-refractivity contribution in [1.82, 2.24) is 10.2 Å². The van der Waals surface area contributed by atoms with Crippen LogP contribution in [0.15, 0.2) is 12.1 Å². The van der Waals surface area contributed by atoms with Gasteiger partial charge in [-0.2, -0.15) is 0 Å². The number of benzene rings is 1. The molecule has 1 aromatic carbocycles. The van der Waals surface area contributed by atoms with Gasteiger partial charge in [-0.05, 0) is 24.8 Å². The summed E-state index contributed by atoms with van der Waals surface area (Å²) in [5.41, 5.74) is 0.943. The highest BCUT2D eigenvalue weighted by molar-refractivity contribution is 6.43. The van der Waals surface area contributed by atoms with Gasteiger partial charge in [0, 0.05) is 37.8 Å². The lowest BCUT2D eigenvalue weighted by Gasteiger charge is -2.39. The molecule has 1 saturated carbocycles. The van der Waals surface area contributed by atoms with Crippen LogP contribution in [-0.4, -0.2) is 36.2 Å². The van der Waals surface area contributed by atoms with Crippen molar-refractivity contribution in [3.63, 3.8) is 0 Å². The number of phenolic OH excluding ortho intramolecular Hbond substituents is 1. The van der Waals surface area contributed by atoms with Crippen molar-refractivity contribution in [2.75, 3.05) is 26.2 Å². The first-order chi connectivity index (χ1) is 10.2. The van der Waals surface area contributed by atoms with Crippen LogP contribution in [0.1, 0.15) is 37.3 Å². The van der Waals surface area contributed by atoms with E-state index in [1.165, 1.54) is 25.7 Å². The van der Waals surface area contributed by atoms with Crippen LogP contribution in [0.3, 0.4) is 0 Å². The van der Waals surface area contributed by atoms with Gasteiger partial charge in [0.25, 0.3) is 0 Å². The zero-order valence-corrected chi connectivity index (χ0v) is 13.6. The first-order valence-electron chi connectivity index (χ1n) is 7.80. The Kier molecular flexibility index (Phi) is 4.95. The second-order valence-corrected chi connectivity index (χ2v) is 6.86.